The lowest BCUT2D eigenvalue weighted by molar-refractivity contribution is 0.258. The van der Waals surface area contributed by atoms with E-state index in [1.54, 1.807) is 12.1 Å². The molecule has 19 heavy (non-hydrogen) atoms. The maximum Gasteiger partial charge on any atom is 0.131 e. The molecule has 0 aromatic heterocycles. The van der Waals surface area contributed by atoms with E-state index in [9.17, 15) is 9.50 Å². The number of phenolic OH excluding ortho intramolecular Hbond substituents is 1. The van der Waals surface area contributed by atoms with Gasteiger partial charge in [-0.2, -0.15) is 0 Å². The van der Waals surface area contributed by atoms with Crippen molar-refractivity contribution in [2.75, 3.05) is 6.54 Å². The third-order valence-corrected chi connectivity index (χ3v) is 4.65. The van der Waals surface area contributed by atoms with Crippen molar-refractivity contribution in [1.29, 1.82) is 0 Å². The smallest absolute Gasteiger partial charge is 0.131 e. The molecule has 1 aliphatic carbocycles. The van der Waals surface area contributed by atoms with Gasteiger partial charge in [0, 0.05) is 24.2 Å². The van der Waals surface area contributed by atoms with Crippen molar-refractivity contribution in [3.63, 3.8) is 0 Å². The van der Waals surface area contributed by atoms with Gasteiger partial charge >= 0.3 is 0 Å². The molecule has 0 radical (unpaired) electrons. The fraction of sp³-hybridized carbons (Fsp3) is 0.625. The van der Waals surface area contributed by atoms with Crippen molar-refractivity contribution < 1.29 is 9.50 Å². The van der Waals surface area contributed by atoms with Gasteiger partial charge < -0.3 is 10.4 Å². The highest BCUT2D eigenvalue weighted by molar-refractivity contribution is 5.29. The first-order chi connectivity index (χ1) is 9.06. The molecule has 1 aromatic rings. The van der Waals surface area contributed by atoms with Crippen LogP contribution >= 0.6 is 0 Å². The zero-order chi connectivity index (χ0) is 13.9. The molecule has 2 N–H and O–H groups in total. The lowest BCUT2D eigenvalue weighted by Gasteiger charge is -2.30. The second-order valence-corrected chi connectivity index (χ2v) is 5.87. The van der Waals surface area contributed by atoms with E-state index in [1.165, 1.54) is 38.2 Å². The van der Waals surface area contributed by atoms with Gasteiger partial charge in [-0.25, -0.2) is 4.39 Å². The molecule has 0 bridgehead atoms. The summed E-state index contributed by atoms with van der Waals surface area (Å²) in [7, 11) is 0. The molecule has 2 rings (SSSR count). The van der Waals surface area contributed by atoms with E-state index < -0.39 is 0 Å². The molecule has 1 fully saturated rings. The molecule has 1 aliphatic rings. The number of rotatable bonds is 5. The van der Waals surface area contributed by atoms with Gasteiger partial charge in [0.15, 0.2) is 0 Å². The summed E-state index contributed by atoms with van der Waals surface area (Å²) in [5.41, 5.74) is 1.03. The molecule has 106 valence electrons. The Bertz CT molecular complexity index is 427. The van der Waals surface area contributed by atoms with Gasteiger partial charge in [-0.15, -0.1) is 0 Å². The van der Waals surface area contributed by atoms with E-state index >= 15 is 0 Å². The first-order valence-electron chi connectivity index (χ1n) is 7.28. The van der Waals surface area contributed by atoms with Gasteiger partial charge in [-0.3, -0.25) is 0 Å². The van der Waals surface area contributed by atoms with Crippen LogP contribution in [-0.2, 0) is 0 Å². The molecule has 1 aromatic carbocycles. The molecule has 0 heterocycles. The first kappa shape index (κ1) is 14.3. The fourth-order valence-corrected chi connectivity index (χ4v) is 3.13. The normalized spacial score (nSPS) is 19.5. The molecule has 2 nitrogen and oxygen atoms in total. The van der Waals surface area contributed by atoms with Crippen LogP contribution in [0.15, 0.2) is 18.2 Å². The molecular weight excluding hydrogens is 241 g/mol. The Morgan fingerprint density at radius 3 is 2.63 bits per heavy atom. The Hall–Kier alpha value is -1.09. The van der Waals surface area contributed by atoms with Crippen LogP contribution in [-0.4, -0.2) is 11.7 Å². The van der Waals surface area contributed by atoms with E-state index in [0.29, 0.717) is 11.0 Å². The third-order valence-electron chi connectivity index (χ3n) is 4.65. The molecule has 0 amide bonds. The topological polar surface area (TPSA) is 32.3 Å². The summed E-state index contributed by atoms with van der Waals surface area (Å²) < 4.78 is 13.8. The summed E-state index contributed by atoms with van der Waals surface area (Å²) >= 11 is 0. The summed E-state index contributed by atoms with van der Waals surface area (Å²) in [5, 5.41) is 12.7. The number of hydrogen-bond donors (Lipinski definition) is 2. The van der Waals surface area contributed by atoms with Gasteiger partial charge in [0.1, 0.15) is 11.6 Å². The van der Waals surface area contributed by atoms with Crippen LogP contribution in [0.2, 0.25) is 0 Å². The molecule has 0 spiro atoms. The van der Waals surface area contributed by atoms with Gasteiger partial charge in [0.2, 0.25) is 0 Å². The van der Waals surface area contributed by atoms with Crippen LogP contribution in [0.1, 0.15) is 57.6 Å². The number of halogens is 1. The summed E-state index contributed by atoms with van der Waals surface area (Å²) in [6, 6.07) is 4.36. The Kier molecular flexibility index (Phi) is 4.46. The average molecular weight is 265 g/mol. The van der Waals surface area contributed by atoms with Crippen LogP contribution in [0, 0.1) is 11.2 Å². The SMILES string of the molecule is CCC1(CNC(C)c2ccc(O)cc2F)CCCC1. The second kappa shape index (κ2) is 5.91. The van der Waals surface area contributed by atoms with Crippen LogP contribution < -0.4 is 5.32 Å². The summed E-state index contributed by atoms with van der Waals surface area (Å²) in [4.78, 5) is 0. The van der Waals surface area contributed by atoms with Crippen molar-refractivity contribution in [2.45, 2.75) is 52.0 Å². The minimum Gasteiger partial charge on any atom is -0.508 e. The Labute approximate surface area is 115 Å². The lowest BCUT2D eigenvalue weighted by atomic mass is 9.83. The highest BCUT2D eigenvalue weighted by Crippen LogP contribution is 2.40. The molecule has 1 saturated carbocycles. The van der Waals surface area contributed by atoms with Gasteiger partial charge in [0.05, 0.1) is 0 Å². The summed E-state index contributed by atoms with van der Waals surface area (Å²) in [5.74, 6) is -0.355. The third kappa shape index (κ3) is 3.27. The van der Waals surface area contributed by atoms with E-state index in [2.05, 4.69) is 12.2 Å². The fourth-order valence-electron chi connectivity index (χ4n) is 3.13. The molecular formula is C16H24FNO. The molecule has 0 aliphatic heterocycles. The standard InChI is InChI=1S/C16H24FNO/c1-3-16(8-4-5-9-16)11-18-12(2)14-7-6-13(19)10-15(14)17/h6-7,10,12,18-19H,3-5,8-9,11H2,1-2H3. The lowest BCUT2D eigenvalue weighted by Crippen LogP contribution is -2.33. The van der Waals surface area contributed by atoms with Gasteiger partial charge in [-0.1, -0.05) is 25.8 Å². The summed E-state index contributed by atoms with van der Waals surface area (Å²) in [6.07, 6.45) is 6.38. The van der Waals surface area contributed by atoms with Crippen LogP contribution in [0.25, 0.3) is 0 Å². The molecule has 1 unspecified atom stereocenters. The highest BCUT2D eigenvalue weighted by Gasteiger charge is 2.32. The minimum absolute atomic E-state index is 0.0192. The zero-order valence-corrected chi connectivity index (χ0v) is 11.9. The first-order valence-corrected chi connectivity index (χ1v) is 7.28. The minimum atomic E-state index is -0.336. The molecule has 1 atom stereocenters. The van der Waals surface area contributed by atoms with Gasteiger partial charge in [-0.05, 0) is 37.7 Å². The predicted octanol–water partition coefficient (Wildman–Crippen LogP) is 4.15. The monoisotopic (exact) mass is 265 g/mol. The number of hydrogen-bond acceptors (Lipinski definition) is 2. The molecule has 3 heteroatoms. The second-order valence-electron chi connectivity index (χ2n) is 5.87. The average Bonchev–Trinajstić information content (AvgIpc) is 2.85. The van der Waals surface area contributed by atoms with Crippen LogP contribution in [0.4, 0.5) is 4.39 Å². The summed E-state index contributed by atoms with van der Waals surface area (Å²) in [6.45, 7) is 5.18. The maximum atomic E-state index is 13.8. The number of phenols is 1. The van der Waals surface area contributed by atoms with Crippen molar-refractivity contribution in [1.82, 2.24) is 5.32 Å². The van der Waals surface area contributed by atoms with Crippen molar-refractivity contribution in [3.05, 3.63) is 29.6 Å². The van der Waals surface area contributed by atoms with Crippen molar-refractivity contribution in [3.8, 4) is 5.75 Å². The van der Waals surface area contributed by atoms with E-state index in [0.717, 1.165) is 6.54 Å². The number of aromatic hydroxyl groups is 1. The van der Waals surface area contributed by atoms with E-state index in [4.69, 9.17) is 0 Å². The van der Waals surface area contributed by atoms with Crippen molar-refractivity contribution in [2.24, 2.45) is 5.41 Å². The van der Waals surface area contributed by atoms with Crippen molar-refractivity contribution >= 4 is 0 Å². The number of benzene rings is 1. The molecule has 0 saturated heterocycles. The maximum absolute atomic E-state index is 13.8. The largest absolute Gasteiger partial charge is 0.508 e. The van der Waals surface area contributed by atoms with Crippen LogP contribution in [0.5, 0.6) is 5.75 Å². The van der Waals surface area contributed by atoms with E-state index in [1.807, 2.05) is 6.92 Å². The Morgan fingerprint density at radius 2 is 2.05 bits per heavy atom. The highest BCUT2D eigenvalue weighted by atomic mass is 19.1. The number of nitrogens with one attached hydrogen (secondary N) is 1. The van der Waals surface area contributed by atoms with Crippen LogP contribution in [0.3, 0.4) is 0 Å². The quantitative estimate of drug-likeness (QED) is 0.838. The van der Waals surface area contributed by atoms with E-state index in [-0.39, 0.29) is 17.6 Å². The van der Waals surface area contributed by atoms with Gasteiger partial charge in [0.25, 0.3) is 0 Å². The Morgan fingerprint density at radius 1 is 1.37 bits per heavy atom. The Balaban J connectivity index is 1.99. The predicted molar refractivity (Wildman–Crippen MR) is 75.7 cm³/mol. The zero-order valence-electron chi connectivity index (χ0n) is 11.9.